The predicted molar refractivity (Wildman–Crippen MR) is 122 cm³/mol. The number of hydrogen-bond acceptors (Lipinski definition) is 4. The Hall–Kier alpha value is -1.43. The molecule has 0 radical (unpaired) electrons. The lowest BCUT2D eigenvalue weighted by Gasteiger charge is -2.40. The standard InChI is InChI=1S/C24H43N3O2/c1-17(2)19(16-28)27(9)15-20(23(3,4)5)26-22(29)21(25-8)24(6,7)18-13-11-10-12-14-18/h10-14,17,19-21,25,28H,15-16H2,1-9H3,(H,26,29). The Balaban J connectivity index is 3.04. The van der Waals surface area contributed by atoms with Crippen molar-refractivity contribution in [2.45, 2.75) is 72.0 Å². The summed E-state index contributed by atoms with van der Waals surface area (Å²) in [5.74, 6) is 0.336. The quantitative estimate of drug-likeness (QED) is 0.560. The van der Waals surface area contributed by atoms with Crippen molar-refractivity contribution in [1.82, 2.24) is 15.5 Å². The smallest absolute Gasteiger partial charge is 0.238 e. The molecule has 1 aromatic rings. The van der Waals surface area contributed by atoms with E-state index in [4.69, 9.17) is 0 Å². The fraction of sp³-hybridized carbons (Fsp3) is 0.708. The zero-order valence-electron chi connectivity index (χ0n) is 19.9. The molecular formula is C24H43N3O2. The molecule has 3 atom stereocenters. The topological polar surface area (TPSA) is 64.6 Å². The van der Waals surface area contributed by atoms with Crippen molar-refractivity contribution >= 4 is 5.91 Å². The first kappa shape index (κ1) is 25.6. The molecule has 0 aromatic heterocycles. The SMILES string of the molecule is CNC(C(=O)NC(CN(C)C(CO)C(C)C)C(C)(C)C)C(C)(C)c1ccccc1. The molecule has 1 rings (SSSR count). The Labute approximate surface area is 178 Å². The molecule has 3 unspecified atom stereocenters. The second-order valence-electron chi connectivity index (χ2n) is 10.2. The lowest BCUT2D eigenvalue weighted by Crippen LogP contribution is -2.60. The van der Waals surface area contributed by atoms with Gasteiger partial charge in [-0.05, 0) is 31.0 Å². The maximum atomic E-state index is 13.4. The number of benzene rings is 1. The van der Waals surface area contributed by atoms with Gasteiger partial charge < -0.3 is 15.7 Å². The summed E-state index contributed by atoms with van der Waals surface area (Å²) in [6.45, 7) is 15.6. The fourth-order valence-corrected chi connectivity index (χ4v) is 3.93. The van der Waals surface area contributed by atoms with Crippen LogP contribution < -0.4 is 10.6 Å². The summed E-state index contributed by atoms with van der Waals surface area (Å²) in [6, 6.07) is 9.81. The molecule has 5 nitrogen and oxygen atoms in total. The highest BCUT2D eigenvalue weighted by Gasteiger charge is 2.38. The van der Waals surface area contributed by atoms with Crippen molar-refractivity contribution in [2.24, 2.45) is 11.3 Å². The van der Waals surface area contributed by atoms with Crippen LogP contribution in [0.3, 0.4) is 0 Å². The van der Waals surface area contributed by atoms with Crippen LogP contribution in [0.4, 0.5) is 0 Å². The second kappa shape index (κ2) is 10.6. The van der Waals surface area contributed by atoms with E-state index in [2.05, 4.69) is 76.1 Å². The van der Waals surface area contributed by atoms with Crippen LogP contribution >= 0.6 is 0 Å². The van der Waals surface area contributed by atoms with Gasteiger partial charge in [0.1, 0.15) is 0 Å². The average Bonchev–Trinajstić information content (AvgIpc) is 2.61. The normalized spacial score (nSPS) is 16.0. The van der Waals surface area contributed by atoms with Gasteiger partial charge in [0.05, 0.1) is 12.6 Å². The van der Waals surface area contributed by atoms with Crippen molar-refractivity contribution in [2.75, 3.05) is 27.2 Å². The van der Waals surface area contributed by atoms with Gasteiger partial charge >= 0.3 is 0 Å². The van der Waals surface area contributed by atoms with Crippen LogP contribution in [0.1, 0.15) is 54.0 Å². The van der Waals surface area contributed by atoms with E-state index in [1.54, 1.807) is 0 Å². The highest BCUT2D eigenvalue weighted by molar-refractivity contribution is 5.84. The molecule has 0 saturated carbocycles. The van der Waals surface area contributed by atoms with Crippen LogP contribution in [0.5, 0.6) is 0 Å². The van der Waals surface area contributed by atoms with E-state index in [0.29, 0.717) is 12.5 Å². The number of carbonyl (C=O) groups excluding carboxylic acids is 1. The minimum Gasteiger partial charge on any atom is -0.395 e. The molecular weight excluding hydrogens is 362 g/mol. The van der Waals surface area contributed by atoms with Gasteiger partial charge in [-0.2, -0.15) is 0 Å². The van der Waals surface area contributed by atoms with E-state index in [1.807, 2.05) is 32.3 Å². The van der Waals surface area contributed by atoms with E-state index < -0.39 is 0 Å². The summed E-state index contributed by atoms with van der Waals surface area (Å²) in [4.78, 5) is 15.5. The van der Waals surface area contributed by atoms with Gasteiger partial charge in [0.15, 0.2) is 0 Å². The van der Waals surface area contributed by atoms with E-state index in [1.165, 1.54) is 0 Å². The summed E-state index contributed by atoms with van der Waals surface area (Å²) in [6.07, 6.45) is 0. The van der Waals surface area contributed by atoms with Crippen LogP contribution in [0.2, 0.25) is 0 Å². The maximum Gasteiger partial charge on any atom is 0.238 e. The molecule has 0 aliphatic heterocycles. The lowest BCUT2D eigenvalue weighted by molar-refractivity contribution is -0.126. The predicted octanol–water partition coefficient (Wildman–Crippen LogP) is 3.03. The van der Waals surface area contributed by atoms with Crippen LogP contribution in [0, 0.1) is 11.3 Å². The Morgan fingerprint density at radius 1 is 1.10 bits per heavy atom. The third-order valence-corrected chi connectivity index (χ3v) is 6.15. The Kier molecular flexibility index (Phi) is 9.32. The molecule has 0 aliphatic rings. The van der Waals surface area contributed by atoms with Gasteiger partial charge in [0.25, 0.3) is 0 Å². The van der Waals surface area contributed by atoms with Crippen molar-refractivity contribution in [3.05, 3.63) is 35.9 Å². The third kappa shape index (κ3) is 6.80. The lowest BCUT2D eigenvalue weighted by atomic mass is 9.76. The number of rotatable bonds is 10. The number of amides is 1. The third-order valence-electron chi connectivity index (χ3n) is 6.15. The summed E-state index contributed by atoms with van der Waals surface area (Å²) in [5.41, 5.74) is 0.648. The Morgan fingerprint density at radius 3 is 2.07 bits per heavy atom. The molecule has 0 fully saturated rings. The van der Waals surface area contributed by atoms with Crippen LogP contribution in [0.25, 0.3) is 0 Å². The van der Waals surface area contributed by atoms with Crippen LogP contribution in [0.15, 0.2) is 30.3 Å². The van der Waals surface area contributed by atoms with E-state index in [9.17, 15) is 9.90 Å². The second-order valence-corrected chi connectivity index (χ2v) is 10.2. The van der Waals surface area contributed by atoms with Crippen LogP contribution in [-0.4, -0.2) is 61.3 Å². The minimum absolute atomic E-state index is 0.000210. The fourth-order valence-electron chi connectivity index (χ4n) is 3.93. The molecule has 0 spiro atoms. The van der Waals surface area contributed by atoms with Gasteiger partial charge in [-0.15, -0.1) is 0 Å². The van der Waals surface area contributed by atoms with Gasteiger partial charge in [0.2, 0.25) is 5.91 Å². The molecule has 166 valence electrons. The molecule has 0 saturated heterocycles. The molecule has 0 bridgehead atoms. The highest BCUT2D eigenvalue weighted by Crippen LogP contribution is 2.28. The largest absolute Gasteiger partial charge is 0.395 e. The van der Waals surface area contributed by atoms with Crippen molar-refractivity contribution in [3.63, 3.8) is 0 Å². The minimum atomic E-state index is -0.362. The molecule has 3 N–H and O–H groups in total. The van der Waals surface area contributed by atoms with Crippen molar-refractivity contribution in [3.8, 4) is 0 Å². The summed E-state index contributed by atoms with van der Waals surface area (Å²) >= 11 is 0. The summed E-state index contributed by atoms with van der Waals surface area (Å²) < 4.78 is 0. The first-order chi connectivity index (χ1) is 13.4. The van der Waals surface area contributed by atoms with Gasteiger partial charge in [-0.1, -0.05) is 78.8 Å². The number of aliphatic hydroxyl groups is 1. The van der Waals surface area contributed by atoms with Gasteiger partial charge in [-0.3, -0.25) is 9.69 Å². The number of hydrogen-bond donors (Lipinski definition) is 3. The number of carbonyl (C=O) groups is 1. The molecule has 29 heavy (non-hydrogen) atoms. The van der Waals surface area contributed by atoms with Crippen molar-refractivity contribution in [1.29, 1.82) is 0 Å². The van der Waals surface area contributed by atoms with Gasteiger partial charge in [0, 0.05) is 24.0 Å². The summed E-state index contributed by atoms with van der Waals surface area (Å²) in [5, 5.41) is 16.3. The highest BCUT2D eigenvalue weighted by atomic mass is 16.3. The Bertz CT molecular complexity index is 623. The number of likely N-dealkylation sites (N-methyl/N-ethyl adjacent to an activating group) is 2. The average molecular weight is 406 g/mol. The van der Waals surface area contributed by atoms with E-state index in [-0.39, 0.29) is 41.5 Å². The van der Waals surface area contributed by atoms with Gasteiger partial charge in [-0.25, -0.2) is 0 Å². The molecule has 5 heteroatoms. The zero-order valence-corrected chi connectivity index (χ0v) is 19.9. The first-order valence-corrected chi connectivity index (χ1v) is 10.7. The summed E-state index contributed by atoms with van der Waals surface area (Å²) in [7, 11) is 3.86. The molecule has 1 amide bonds. The first-order valence-electron chi connectivity index (χ1n) is 10.7. The monoisotopic (exact) mass is 405 g/mol. The van der Waals surface area contributed by atoms with E-state index >= 15 is 0 Å². The zero-order chi connectivity index (χ0) is 22.4. The molecule has 0 heterocycles. The maximum absolute atomic E-state index is 13.4. The number of aliphatic hydroxyl groups excluding tert-OH is 1. The van der Waals surface area contributed by atoms with E-state index in [0.717, 1.165) is 5.56 Å². The van der Waals surface area contributed by atoms with Crippen molar-refractivity contribution < 1.29 is 9.90 Å². The number of nitrogens with one attached hydrogen (secondary N) is 2. The number of nitrogens with zero attached hydrogens (tertiary/aromatic N) is 1. The van der Waals surface area contributed by atoms with Crippen LogP contribution in [-0.2, 0) is 10.2 Å². The molecule has 1 aromatic carbocycles. The Morgan fingerprint density at radius 2 is 1.66 bits per heavy atom. The molecule has 0 aliphatic carbocycles.